The Balaban J connectivity index is 2.92. The summed E-state index contributed by atoms with van der Waals surface area (Å²) in [4.78, 5) is 22.0. The number of hydrogen-bond acceptors (Lipinski definition) is 3. The molecule has 82 valence electrons. The number of carboxylic acids is 1. The number of nitrogens with zero attached hydrogens (tertiary/aromatic N) is 2. The Morgan fingerprint density at radius 3 is 2.80 bits per heavy atom. The van der Waals surface area contributed by atoms with Crippen LogP contribution >= 0.6 is 0 Å². The highest BCUT2D eigenvalue weighted by molar-refractivity contribution is 5.91. The molecule has 1 aromatic heterocycles. The molecule has 0 bridgehead atoms. The van der Waals surface area contributed by atoms with E-state index >= 15 is 0 Å². The van der Waals surface area contributed by atoms with Gasteiger partial charge in [-0.25, -0.2) is 4.79 Å². The molecule has 0 aliphatic carbocycles. The summed E-state index contributed by atoms with van der Waals surface area (Å²) in [5.74, 6) is -1.28. The van der Waals surface area contributed by atoms with Crippen LogP contribution in [0.2, 0.25) is 0 Å². The highest BCUT2D eigenvalue weighted by atomic mass is 16.4. The number of rotatable bonds is 4. The topological polar surface area (TPSA) is 84.2 Å². The van der Waals surface area contributed by atoms with Crippen LogP contribution in [0.1, 0.15) is 29.9 Å². The van der Waals surface area contributed by atoms with Gasteiger partial charge in [0.05, 0.1) is 0 Å². The van der Waals surface area contributed by atoms with E-state index in [1.54, 1.807) is 6.92 Å². The SMILES string of the molecule is CCC(C(=O)O)n1ccc(C(=O)NC)n1. The van der Waals surface area contributed by atoms with Gasteiger partial charge in [0.15, 0.2) is 0 Å². The minimum atomic E-state index is -0.955. The summed E-state index contributed by atoms with van der Waals surface area (Å²) in [6.45, 7) is 1.75. The van der Waals surface area contributed by atoms with E-state index in [0.717, 1.165) is 0 Å². The van der Waals surface area contributed by atoms with Crippen LogP contribution in [-0.4, -0.2) is 33.8 Å². The Morgan fingerprint density at radius 1 is 1.67 bits per heavy atom. The van der Waals surface area contributed by atoms with E-state index in [2.05, 4.69) is 10.4 Å². The van der Waals surface area contributed by atoms with Crippen LogP contribution in [0.3, 0.4) is 0 Å². The molecule has 6 nitrogen and oxygen atoms in total. The smallest absolute Gasteiger partial charge is 0.328 e. The quantitative estimate of drug-likeness (QED) is 0.749. The van der Waals surface area contributed by atoms with Gasteiger partial charge in [0.2, 0.25) is 0 Å². The second kappa shape index (κ2) is 4.59. The highest BCUT2D eigenvalue weighted by Gasteiger charge is 2.19. The fourth-order valence-corrected chi connectivity index (χ4v) is 1.24. The van der Waals surface area contributed by atoms with Gasteiger partial charge >= 0.3 is 5.97 Å². The first kappa shape index (κ1) is 11.2. The van der Waals surface area contributed by atoms with E-state index in [0.29, 0.717) is 6.42 Å². The molecule has 0 aliphatic rings. The van der Waals surface area contributed by atoms with Crippen molar-refractivity contribution in [1.82, 2.24) is 15.1 Å². The first-order valence-corrected chi connectivity index (χ1v) is 4.60. The Kier molecular flexibility index (Phi) is 3.43. The van der Waals surface area contributed by atoms with Crippen molar-refractivity contribution in [3.05, 3.63) is 18.0 Å². The van der Waals surface area contributed by atoms with Crippen LogP contribution in [-0.2, 0) is 4.79 Å². The molecule has 15 heavy (non-hydrogen) atoms. The molecule has 0 saturated carbocycles. The summed E-state index contributed by atoms with van der Waals surface area (Å²) in [6, 6.07) is 0.771. The summed E-state index contributed by atoms with van der Waals surface area (Å²) >= 11 is 0. The Hall–Kier alpha value is -1.85. The molecule has 0 aliphatic heterocycles. The number of aliphatic carboxylic acids is 1. The standard InChI is InChI=1S/C9H13N3O3/c1-3-7(9(14)15)12-5-4-6(11-12)8(13)10-2/h4-5,7H,3H2,1-2H3,(H,10,13)(H,14,15). The molecule has 0 aromatic carbocycles. The van der Waals surface area contributed by atoms with Crippen molar-refractivity contribution in [2.24, 2.45) is 0 Å². The van der Waals surface area contributed by atoms with E-state index in [-0.39, 0.29) is 11.6 Å². The highest BCUT2D eigenvalue weighted by Crippen LogP contribution is 2.10. The van der Waals surface area contributed by atoms with Gasteiger partial charge in [0, 0.05) is 13.2 Å². The van der Waals surface area contributed by atoms with Crippen molar-refractivity contribution < 1.29 is 14.7 Å². The van der Waals surface area contributed by atoms with E-state index < -0.39 is 12.0 Å². The summed E-state index contributed by atoms with van der Waals surface area (Å²) in [6.07, 6.45) is 1.91. The van der Waals surface area contributed by atoms with Crippen molar-refractivity contribution in [2.45, 2.75) is 19.4 Å². The van der Waals surface area contributed by atoms with Gasteiger partial charge < -0.3 is 10.4 Å². The number of carbonyl (C=O) groups excluding carboxylic acids is 1. The van der Waals surface area contributed by atoms with E-state index in [9.17, 15) is 9.59 Å². The van der Waals surface area contributed by atoms with Crippen LogP contribution in [0.5, 0.6) is 0 Å². The summed E-state index contributed by atoms with van der Waals surface area (Å²) in [7, 11) is 1.50. The zero-order valence-electron chi connectivity index (χ0n) is 8.60. The van der Waals surface area contributed by atoms with Gasteiger partial charge in [-0.1, -0.05) is 6.92 Å². The minimum absolute atomic E-state index is 0.220. The van der Waals surface area contributed by atoms with E-state index in [1.807, 2.05) is 0 Å². The molecular formula is C9H13N3O3. The lowest BCUT2D eigenvalue weighted by Gasteiger charge is -2.09. The molecule has 1 amide bonds. The molecule has 0 spiro atoms. The first-order valence-electron chi connectivity index (χ1n) is 4.60. The van der Waals surface area contributed by atoms with Gasteiger partial charge in [-0.15, -0.1) is 0 Å². The third-order valence-corrected chi connectivity index (χ3v) is 2.06. The van der Waals surface area contributed by atoms with E-state index in [4.69, 9.17) is 5.11 Å². The summed E-state index contributed by atoms with van der Waals surface area (Å²) in [5.41, 5.74) is 0.220. The maximum Gasteiger partial charge on any atom is 0.328 e. The molecular weight excluding hydrogens is 198 g/mol. The van der Waals surface area contributed by atoms with Gasteiger partial charge in [-0.05, 0) is 12.5 Å². The number of carbonyl (C=O) groups is 2. The average molecular weight is 211 g/mol. The van der Waals surface area contributed by atoms with Gasteiger partial charge in [0.1, 0.15) is 11.7 Å². The largest absolute Gasteiger partial charge is 0.480 e. The normalized spacial score (nSPS) is 12.1. The number of aromatic nitrogens is 2. The fraction of sp³-hybridized carbons (Fsp3) is 0.444. The fourth-order valence-electron chi connectivity index (χ4n) is 1.24. The second-order valence-electron chi connectivity index (χ2n) is 3.02. The number of nitrogens with one attached hydrogen (secondary N) is 1. The lowest BCUT2D eigenvalue weighted by Crippen LogP contribution is -2.21. The molecule has 1 unspecified atom stereocenters. The van der Waals surface area contributed by atoms with Gasteiger partial charge in [-0.2, -0.15) is 5.10 Å². The first-order chi connectivity index (χ1) is 7.10. The lowest BCUT2D eigenvalue weighted by atomic mass is 10.2. The summed E-state index contributed by atoms with van der Waals surface area (Å²) in [5, 5.41) is 15.2. The van der Waals surface area contributed by atoms with Crippen LogP contribution in [0.15, 0.2) is 12.3 Å². The molecule has 1 aromatic rings. The van der Waals surface area contributed by atoms with Crippen molar-refractivity contribution in [2.75, 3.05) is 7.05 Å². The number of amides is 1. The summed E-state index contributed by atoms with van der Waals surface area (Å²) < 4.78 is 1.28. The van der Waals surface area contributed by atoms with Gasteiger partial charge in [-0.3, -0.25) is 9.48 Å². The van der Waals surface area contributed by atoms with E-state index in [1.165, 1.54) is 24.0 Å². The zero-order valence-corrected chi connectivity index (χ0v) is 8.60. The lowest BCUT2D eigenvalue weighted by molar-refractivity contribution is -0.141. The molecule has 0 fully saturated rings. The molecule has 1 heterocycles. The van der Waals surface area contributed by atoms with Crippen LogP contribution < -0.4 is 5.32 Å². The number of carboxylic acid groups (broad SMARTS) is 1. The Bertz CT molecular complexity index is 372. The monoisotopic (exact) mass is 211 g/mol. The van der Waals surface area contributed by atoms with Crippen LogP contribution in [0, 0.1) is 0 Å². The van der Waals surface area contributed by atoms with Crippen molar-refractivity contribution >= 4 is 11.9 Å². The maximum atomic E-state index is 11.2. The molecule has 1 rings (SSSR count). The Morgan fingerprint density at radius 2 is 2.33 bits per heavy atom. The minimum Gasteiger partial charge on any atom is -0.480 e. The van der Waals surface area contributed by atoms with Crippen molar-refractivity contribution in [3.8, 4) is 0 Å². The maximum absolute atomic E-state index is 11.2. The van der Waals surface area contributed by atoms with Crippen LogP contribution in [0.25, 0.3) is 0 Å². The number of hydrogen-bond donors (Lipinski definition) is 2. The van der Waals surface area contributed by atoms with Gasteiger partial charge in [0.25, 0.3) is 5.91 Å². The molecule has 6 heteroatoms. The molecule has 0 saturated heterocycles. The third-order valence-electron chi connectivity index (χ3n) is 2.06. The average Bonchev–Trinajstić information content (AvgIpc) is 2.66. The Labute approximate surface area is 86.9 Å². The van der Waals surface area contributed by atoms with Crippen LogP contribution in [0.4, 0.5) is 0 Å². The predicted octanol–water partition coefficient (Wildman–Crippen LogP) is 0.278. The third kappa shape index (κ3) is 2.34. The molecule has 0 radical (unpaired) electrons. The van der Waals surface area contributed by atoms with Crippen molar-refractivity contribution in [1.29, 1.82) is 0 Å². The predicted molar refractivity (Wildman–Crippen MR) is 52.6 cm³/mol. The molecule has 1 atom stereocenters. The second-order valence-corrected chi connectivity index (χ2v) is 3.02. The molecule has 2 N–H and O–H groups in total. The van der Waals surface area contributed by atoms with Crippen molar-refractivity contribution in [3.63, 3.8) is 0 Å². The zero-order chi connectivity index (χ0) is 11.4.